The molecule has 0 aromatic carbocycles. The Kier molecular flexibility index (Phi) is 21.4. The number of carbonyl (C=O) groups is 5. The topological polar surface area (TPSA) is 341 Å². The van der Waals surface area contributed by atoms with Crippen molar-refractivity contribution in [3.63, 3.8) is 0 Å². The Morgan fingerprint density at radius 3 is 2.01 bits per heavy atom. The van der Waals surface area contributed by atoms with Crippen LogP contribution in [0.1, 0.15) is 147 Å². The molecule has 4 aliphatic carbocycles. The summed E-state index contributed by atoms with van der Waals surface area (Å²) in [5.41, 5.74) is -4.91. The first-order valence-corrected chi connectivity index (χ1v) is 33.1. The molecule has 0 radical (unpaired) electrons. The first-order valence-electron chi connectivity index (χ1n) is 33.1. The highest BCUT2D eigenvalue weighted by Gasteiger charge is 2.65. The average Bonchev–Trinajstić information content (AvgIpc) is 1.68. The molecule has 29 atom stereocenters. The van der Waals surface area contributed by atoms with E-state index in [4.69, 9.17) is 61.6 Å². The van der Waals surface area contributed by atoms with E-state index >= 15 is 4.79 Å². The zero-order valence-electron chi connectivity index (χ0n) is 55.4. The molecule has 0 aromatic rings. The van der Waals surface area contributed by atoms with E-state index in [0.29, 0.717) is 49.5 Å². The standard InChI is InChI=1S/C67H96N2O24/c1-30-14-18-47(88-54-28-65(11,69(79)80)60(38(9)86-54)68-64(78)81-13)31(2)23-43-45(73)24-40(29-70)27-67(43)62(76)55(63(77)93-67)61(75)66(12)42(30)16-15-41-56(66)32(3)22-33(4)57(41)92-53-26-49(59(37(8)85-53)87-39(10)71)90-50-21-19-48(35(6)83-50)89-52-25-46(74)58(36(7)84-52)91-51-20-17-44(72)34(5)82-51/h14-16,23-24,29,32-38,41-54,56-60,72-75H,17-22,25-28H2,1-13H3,(H,68,78)/b30-14+,31-23+,61-55+/t32-,33-,34-,35-,36-,37-,38+,41-,42-,43+,44?,45-,46+,47-,48?,49+,50-,51-,52-,53-,54-,56+,57-,58?,59-,60-,65-,66+,67?/m0/s1. The summed E-state index contributed by atoms with van der Waals surface area (Å²) in [4.78, 5) is 80.4. The highest BCUT2D eigenvalue weighted by atomic mass is 16.8. The van der Waals surface area contributed by atoms with Crippen molar-refractivity contribution in [3.05, 3.63) is 68.5 Å². The number of carbonyl (C=O) groups excluding carboxylic acids is 5. The number of nitrogens with zero attached hydrogens (tertiary/aromatic N) is 1. The number of fused-ring (bicyclic) bond motifs is 4. The van der Waals surface area contributed by atoms with Gasteiger partial charge in [0, 0.05) is 68.1 Å². The fraction of sp³-hybridized carbons (Fsp3) is 0.776. The van der Waals surface area contributed by atoms with Crippen molar-refractivity contribution in [2.45, 2.75) is 281 Å². The minimum atomic E-state index is -2.20. The fourth-order valence-corrected chi connectivity index (χ4v) is 16.9. The van der Waals surface area contributed by atoms with Crippen molar-refractivity contribution in [2.24, 2.45) is 40.9 Å². The van der Waals surface area contributed by atoms with Gasteiger partial charge in [-0.25, -0.2) is 9.59 Å². The SMILES string of the molecule is COC(=O)N[C@H]1[C@@H](C)O[C@@H](O[C@H]2C/C=C(\C)[C@@H]3C=C[C@@H]4[C@@H](O[C@H]5C[C@@H](O[C@H]6CCC(O[C@H]7C[C@@H](O)C(O[C@H]8CCC(O)[C@H](C)O8)[C@H](C)O7)[C@H](C)O6)[C@@H](OC(C)=O)[C@H](C)O5)[C@@H](C)C[C@H](C)[C@H]4[C@]3(C)/C(O)=C3\C(=O)OC4(CC(C=O)=C[C@H](O)[C@H]4/C=C/2C)C3=O)C[C@]1(C)[N+](=O)[O-]. The van der Waals surface area contributed by atoms with Crippen LogP contribution in [0.2, 0.25) is 0 Å². The third kappa shape index (κ3) is 14.0. The number of aliphatic hydroxyl groups excluding tert-OH is 4. The number of methoxy groups -OCH3 is 1. The third-order valence-electron chi connectivity index (χ3n) is 21.7. The molecule has 7 fully saturated rings. The van der Waals surface area contributed by atoms with Crippen molar-refractivity contribution in [2.75, 3.05) is 7.11 Å². The molecule has 6 aliphatic heterocycles. The van der Waals surface area contributed by atoms with Gasteiger partial charge in [0.1, 0.15) is 35.9 Å². The Labute approximate surface area is 542 Å². The normalized spacial score (nSPS) is 48.2. The second-order valence-electron chi connectivity index (χ2n) is 28.2. The van der Waals surface area contributed by atoms with Crippen LogP contribution in [0.15, 0.2) is 58.4 Å². The lowest BCUT2D eigenvalue weighted by Crippen LogP contribution is -2.65. The molecule has 26 heteroatoms. The lowest BCUT2D eigenvalue weighted by molar-refractivity contribution is -0.584. The molecule has 10 rings (SSSR count). The van der Waals surface area contributed by atoms with Gasteiger partial charge in [0.15, 0.2) is 43.2 Å². The number of nitro groups is 1. The molecule has 0 aromatic heterocycles. The predicted octanol–water partition coefficient (Wildman–Crippen LogP) is 6.36. The van der Waals surface area contributed by atoms with Crippen LogP contribution in [0.5, 0.6) is 0 Å². The Morgan fingerprint density at radius 2 is 1.35 bits per heavy atom. The Hall–Kier alpha value is -5.07. The number of hydrogen-bond donors (Lipinski definition) is 5. The molecule has 26 nitrogen and oxygen atoms in total. The van der Waals surface area contributed by atoms with Gasteiger partial charge in [0.2, 0.25) is 11.3 Å². The maximum atomic E-state index is 15.6. The van der Waals surface area contributed by atoms with Gasteiger partial charge in [0.05, 0.1) is 86.6 Å². The Balaban J connectivity index is 0.904. The van der Waals surface area contributed by atoms with Crippen molar-refractivity contribution in [3.8, 4) is 0 Å². The molecular weight excluding hydrogens is 1220 g/mol. The second-order valence-corrected chi connectivity index (χ2v) is 28.2. The van der Waals surface area contributed by atoms with Gasteiger partial charge in [-0.2, -0.15) is 0 Å². The smallest absolute Gasteiger partial charge is 0.407 e. The van der Waals surface area contributed by atoms with Crippen molar-refractivity contribution >= 4 is 30.1 Å². The number of allylic oxidation sites excluding steroid dienone is 3. The van der Waals surface area contributed by atoms with E-state index in [-0.39, 0.29) is 43.1 Å². The molecule has 93 heavy (non-hydrogen) atoms. The Bertz CT molecular complexity index is 2960. The molecule has 1 saturated carbocycles. The van der Waals surface area contributed by atoms with E-state index in [1.165, 1.54) is 19.9 Å². The quantitative estimate of drug-likeness (QED) is 0.0240. The first kappa shape index (κ1) is 70.7. The maximum absolute atomic E-state index is 15.6. The van der Waals surface area contributed by atoms with Gasteiger partial charge < -0.3 is 87.3 Å². The molecule has 1 amide bonds. The van der Waals surface area contributed by atoms with E-state index in [0.717, 1.165) is 7.11 Å². The van der Waals surface area contributed by atoms with E-state index in [9.17, 15) is 49.7 Å². The summed E-state index contributed by atoms with van der Waals surface area (Å²) in [6.45, 7) is 21.0. The van der Waals surface area contributed by atoms with Crippen molar-refractivity contribution < 1.29 is 111 Å². The maximum Gasteiger partial charge on any atom is 0.407 e. The molecule has 2 bridgehead atoms. The van der Waals surface area contributed by atoms with Crippen LogP contribution < -0.4 is 5.32 Å². The summed E-state index contributed by atoms with van der Waals surface area (Å²) in [6.07, 6.45) is -4.21. The number of nitrogens with one attached hydrogen (secondary N) is 1. The van der Waals surface area contributed by atoms with E-state index in [1.807, 2.05) is 39.8 Å². The molecule has 10 aliphatic rings. The van der Waals surface area contributed by atoms with Crippen LogP contribution in [0, 0.1) is 51.0 Å². The lowest BCUT2D eigenvalue weighted by Gasteiger charge is -2.56. The first-order chi connectivity index (χ1) is 43.9. The zero-order valence-corrected chi connectivity index (χ0v) is 55.4. The fourth-order valence-electron chi connectivity index (χ4n) is 16.9. The minimum absolute atomic E-state index is 0.00196. The number of aliphatic hydroxyl groups is 4. The summed E-state index contributed by atoms with van der Waals surface area (Å²) in [7, 11) is 1.15. The number of alkyl carbamates (subject to hydrolysis) is 1. The average molecular weight is 1310 g/mol. The van der Waals surface area contributed by atoms with Gasteiger partial charge >= 0.3 is 18.0 Å². The number of rotatable bonds is 14. The predicted molar refractivity (Wildman–Crippen MR) is 325 cm³/mol. The molecule has 518 valence electrons. The molecule has 5 N–H and O–H groups in total. The summed E-state index contributed by atoms with van der Waals surface area (Å²) in [5, 5.41) is 62.0. The zero-order chi connectivity index (χ0) is 67.5. The highest BCUT2D eigenvalue weighted by Crippen LogP contribution is 2.61. The van der Waals surface area contributed by atoms with Crippen molar-refractivity contribution in [1.82, 2.24) is 5.32 Å². The van der Waals surface area contributed by atoms with E-state index in [1.54, 1.807) is 33.8 Å². The minimum Gasteiger partial charge on any atom is -0.511 e. The number of hydrogen-bond acceptors (Lipinski definition) is 24. The van der Waals surface area contributed by atoms with Crippen LogP contribution in [0.25, 0.3) is 0 Å². The highest BCUT2D eigenvalue weighted by molar-refractivity contribution is 6.26. The summed E-state index contributed by atoms with van der Waals surface area (Å²) >= 11 is 0. The lowest BCUT2D eigenvalue weighted by atomic mass is 9.49. The van der Waals surface area contributed by atoms with E-state index < -0.39 is 210 Å². The van der Waals surface area contributed by atoms with E-state index in [2.05, 4.69) is 25.2 Å². The molecular formula is C67H96N2O24. The largest absolute Gasteiger partial charge is 0.511 e. The van der Waals surface area contributed by atoms with Crippen LogP contribution in [0.3, 0.4) is 0 Å². The number of esters is 2. The number of aldehydes is 1. The third-order valence-corrected chi connectivity index (χ3v) is 21.7. The summed E-state index contributed by atoms with van der Waals surface area (Å²) in [6, 6.07) is -1.12. The number of amides is 1. The van der Waals surface area contributed by atoms with Crippen LogP contribution in [0.4, 0.5) is 4.79 Å². The van der Waals surface area contributed by atoms with Crippen molar-refractivity contribution in [1.29, 1.82) is 0 Å². The van der Waals surface area contributed by atoms with Gasteiger partial charge in [0.25, 0.3) is 0 Å². The van der Waals surface area contributed by atoms with Gasteiger partial charge in [-0.1, -0.05) is 50.6 Å². The molecule has 6 saturated heterocycles. The molecule has 1 spiro atoms. The molecule has 4 unspecified atom stereocenters. The number of ether oxygens (including phenoxy) is 13. The van der Waals surface area contributed by atoms with Crippen LogP contribution >= 0.6 is 0 Å². The van der Waals surface area contributed by atoms with Gasteiger partial charge in [-0.05, 0) is 109 Å². The van der Waals surface area contributed by atoms with Crippen LogP contribution in [-0.2, 0) is 80.8 Å². The van der Waals surface area contributed by atoms with Crippen LogP contribution in [-0.4, -0.2) is 197 Å². The second kappa shape index (κ2) is 28.2. The van der Waals surface area contributed by atoms with Gasteiger partial charge in [-0.15, -0.1) is 0 Å². The summed E-state index contributed by atoms with van der Waals surface area (Å²) in [5.74, 6) is -6.46. The number of Topliss-reactive ketones (excluding diaryl/α,β-unsaturated/α-hetero) is 1. The van der Waals surface area contributed by atoms with Gasteiger partial charge in [-0.3, -0.25) is 24.5 Å². The molecule has 6 heterocycles. The number of ketones is 1. The Morgan fingerprint density at radius 1 is 0.720 bits per heavy atom. The monoisotopic (exact) mass is 1310 g/mol. The summed E-state index contributed by atoms with van der Waals surface area (Å²) < 4.78 is 81.5.